The van der Waals surface area contributed by atoms with Crippen molar-refractivity contribution < 1.29 is 9.90 Å². The highest BCUT2D eigenvalue weighted by molar-refractivity contribution is 8.03. The lowest BCUT2D eigenvalue weighted by Crippen LogP contribution is -2.52. The fourth-order valence-corrected chi connectivity index (χ4v) is 2.43. The number of fused-ring (bicyclic) bond motifs is 1. The second kappa shape index (κ2) is 2.53. The summed E-state index contributed by atoms with van der Waals surface area (Å²) in [7, 11) is 0. The molecule has 0 aromatic heterocycles. The molecule has 0 aliphatic carbocycles. The normalized spacial score (nSPS) is 29.2. The minimum atomic E-state index is 0.114. The van der Waals surface area contributed by atoms with Crippen molar-refractivity contribution in [3.8, 4) is 0 Å². The Morgan fingerprint density at radius 2 is 2.64 bits per heavy atom. The highest BCUT2D eigenvalue weighted by Gasteiger charge is 2.38. The van der Waals surface area contributed by atoms with E-state index in [1.165, 1.54) is 0 Å². The van der Waals surface area contributed by atoms with Crippen LogP contribution in [0.15, 0.2) is 11.0 Å². The molecular weight excluding hydrogens is 162 g/mol. The Bertz CT molecular complexity index is 226. The number of rotatable bonds is 1. The lowest BCUT2D eigenvalue weighted by molar-refractivity contribution is -0.140. The molecule has 0 bridgehead atoms. The Labute approximate surface area is 69.1 Å². The molecule has 2 rings (SSSR count). The van der Waals surface area contributed by atoms with Gasteiger partial charge in [0.2, 0.25) is 5.91 Å². The molecule has 0 radical (unpaired) electrons. The summed E-state index contributed by atoms with van der Waals surface area (Å²) in [6.45, 7) is 0.801. The van der Waals surface area contributed by atoms with Crippen LogP contribution in [-0.2, 0) is 4.79 Å². The van der Waals surface area contributed by atoms with E-state index in [-0.39, 0.29) is 12.5 Å². The van der Waals surface area contributed by atoms with Gasteiger partial charge in [0, 0.05) is 11.4 Å². The first-order valence-electron chi connectivity index (χ1n) is 3.57. The summed E-state index contributed by atoms with van der Waals surface area (Å²) < 4.78 is 0. The Hall–Kier alpha value is -0.480. The third-order valence-electron chi connectivity index (χ3n) is 1.98. The predicted octanol–water partition coefficient (Wildman–Crippen LogP) is 0.168. The average Bonchev–Trinajstić information content (AvgIpc) is 2.02. The van der Waals surface area contributed by atoms with Crippen molar-refractivity contribution in [2.24, 2.45) is 0 Å². The third-order valence-corrected chi connectivity index (χ3v) is 3.27. The predicted molar refractivity (Wildman–Crippen MR) is 42.9 cm³/mol. The Kier molecular flexibility index (Phi) is 1.65. The van der Waals surface area contributed by atoms with Crippen LogP contribution in [0, 0.1) is 0 Å². The molecule has 11 heavy (non-hydrogen) atoms. The maximum Gasteiger partial charge on any atom is 0.226 e. The number of aliphatic hydroxyl groups is 1. The number of carbonyl (C=O) groups is 1. The zero-order chi connectivity index (χ0) is 7.84. The van der Waals surface area contributed by atoms with E-state index in [1.54, 1.807) is 11.8 Å². The molecule has 3 nitrogen and oxygen atoms in total. The van der Waals surface area contributed by atoms with Crippen molar-refractivity contribution >= 4 is 17.7 Å². The standard InChI is InChI=1S/C7H9NO2S/c9-4-5-1-2-8-6(10)3-7(8)11-5/h1,7,9H,2-4H2/t7-/m1/s1. The van der Waals surface area contributed by atoms with Crippen molar-refractivity contribution in [2.45, 2.75) is 11.8 Å². The van der Waals surface area contributed by atoms with Crippen molar-refractivity contribution in [1.82, 2.24) is 4.90 Å². The van der Waals surface area contributed by atoms with Gasteiger partial charge in [-0.05, 0) is 0 Å². The smallest absolute Gasteiger partial charge is 0.226 e. The number of thioether (sulfide) groups is 1. The van der Waals surface area contributed by atoms with Crippen molar-refractivity contribution in [3.63, 3.8) is 0 Å². The number of carbonyl (C=O) groups excluding carboxylic acids is 1. The van der Waals surface area contributed by atoms with E-state index in [1.807, 2.05) is 11.0 Å². The van der Waals surface area contributed by atoms with Crippen LogP contribution in [0.3, 0.4) is 0 Å². The first kappa shape index (κ1) is 7.18. The van der Waals surface area contributed by atoms with Gasteiger partial charge in [-0.3, -0.25) is 4.79 Å². The molecule has 0 unspecified atom stereocenters. The summed E-state index contributed by atoms with van der Waals surface area (Å²) in [4.78, 5) is 13.7. The van der Waals surface area contributed by atoms with Crippen LogP contribution in [0.25, 0.3) is 0 Å². The van der Waals surface area contributed by atoms with E-state index in [9.17, 15) is 4.79 Å². The quantitative estimate of drug-likeness (QED) is 0.572. The van der Waals surface area contributed by atoms with Gasteiger partial charge in [0.05, 0.1) is 18.4 Å². The van der Waals surface area contributed by atoms with Gasteiger partial charge in [0.1, 0.15) is 0 Å². The largest absolute Gasteiger partial charge is 0.391 e. The molecule has 2 heterocycles. The summed E-state index contributed by atoms with van der Waals surface area (Å²) in [5.74, 6) is 0.232. The molecule has 60 valence electrons. The van der Waals surface area contributed by atoms with Crippen LogP contribution in [0.1, 0.15) is 6.42 Å². The van der Waals surface area contributed by atoms with E-state index in [0.29, 0.717) is 18.3 Å². The topological polar surface area (TPSA) is 40.5 Å². The fourth-order valence-electron chi connectivity index (χ4n) is 1.27. The molecule has 2 aliphatic rings. The zero-order valence-corrected chi connectivity index (χ0v) is 6.80. The molecule has 0 aromatic carbocycles. The van der Waals surface area contributed by atoms with Crippen LogP contribution in [0.4, 0.5) is 0 Å². The molecule has 1 N–H and O–H groups in total. The first-order chi connectivity index (χ1) is 5.31. The van der Waals surface area contributed by atoms with Crippen molar-refractivity contribution in [2.75, 3.05) is 13.2 Å². The van der Waals surface area contributed by atoms with Gasteiger partial charge in [-0.25, -0.2) is 0 Å². The maximum absolute atomic E-state index is 10.9. The molecule has 1 fully saturated rings. The summed E-state index contributed by atoms with van der Waals surface area (Å²) in [6.07, 6.45) is 2.56. The Morgan fingerprint density at radius 1 is 1.82 bits per heavy atom. The van der Waals surface area contributed by atoms with E-state index >= 15 is 0 Å². The number of β-lactam (4-membered cyclic amide) rings is 1. The lowest BCUT2D eigenvalue weighted by atomic mass is 10.2. The molecule has 1 saturated heterocycles. The monoisotopic (exact) mass is 171 g/mol. The molecule has 0 aromatic rings. The van der Waals surface area contributed by atoms with Gasteiger partial charge in [0.15, 0.2) is 0 Å². The second-order valence-electron chi connectivity index (χ2n) is 2.65. The van der Waals surface area contributed by atoms with Gasteiger partial charge in [-0.1, -0.05) is 6.08 Å². The van der Waals surface area contributed by atoms with E-state index < -0.39 is 0 Å². The third kappa shape index (κ3) is 1.06. The van der Waals surface area contributed by atoms with E-state index in [0.717, 1.165) is 4.91 Å². The summed E-state index contributed by atoms with van der Waals surface area (Å²) in [5.41, 5.74) is 0. The van der Waals surface area contributed by atoms with Gasteiger partial charge >= 0.3 is 0 Å². The summed E-state index contributed by atoms with van der Waals surface area (Å²) in [6, 6.07) is 0. The van der Waals surface area contributed by atoms with Crippen LogP contribution in [0.5, 0.6) is 0 Å². The Morgan fingerprint density at radius 3 is 3.18 bits per heavy atom. The van der Waals surface area contributed by atoms with Crippen LogP contribution in [0.2, 0.25) is 0 Å². The number of hydrogen-bond acceptors (Lipinski definition) is 3. The van der Waals surface area contributed by atoms with Crippen molar-refractivity contribution in [1.29, 1.82) is 0 Å². The molecule has 1 atom stereocenters. The van der Waals surface area contributed by atoms with Gasteiger partial charge in [0.25, 0.3) is 0 Å². The molecule has 0 saturated carbocycles. The molecular formula is C7H9NO2S. The fraction of sp³-hybridized carbons (Fsp3) is 0.571. The number of amides is 1. The number of nitrogens with zero attached hydrogens (tertiary/aromatic N) is 1. The van der Waals surface area contributed by atoms with E-state index in [4.69, 9.17) is 5.11 Å². The van der Waals surface area contributed by atoms with Crippen molar-refractivity contribution in [3.05, 3.63) is 11.0 Å². The van der Waals surface area contributed by atoms with Gasteiger partial charge < -0.3 is 10.0 Å². The van der Waals surface area contributed by atoms with Gasteiger partial charge in [-0.2, -0.15) is 0 Å². The highest BCUT2D eigenvalue weighted by Crippen LogP contribution is 2.37. The molecule has 2 aliphatic heterocycles. The van der Waals surface area contributed by atoms with Crippen LogP contribution >= 0.6 is 11.8 Å². The molecule has 0 spiro atoms. The SMILES string of the molecule is O=C1C[C@H]2SC(CO)=CCN12. The molecule has 4 heteroatoms. The maximum atomic E-state index is 10.9. The summed E-state index contributed by atoms with van der Waals surface area (Å²) >= 11 is 1.60. The lowest BCUT2D eigenvalue weighted by Gasteiger charge is -2.42. The highest BCUT2D eigenvalue weighted by atomic mass is 32.2. The second-order valence-corrected chi connectivity index (χ2v) is 3.96. The number of aliphatic hydroxyl groups excluding tert-OH is 1. The average molecular weight is 171 g/mol. The molecule has 1 amide bonds. The van der Waals surface area contributed by atoms with Crippen LogP contribution in [-0.4, -0.2) is 34.4 Å². The minimum absolute atomic E-state index is 0.114. The van der Waals surface area contributed by atoms with Gasteiger partial charge in [-0.15, -0.1) is 11.8 Å². The number of hydrogen-bond donors (Lipinski definition) is 1. The summed E-state index contributed by atoms with van der Waals surface area (Å²) in [5, 5.41) is 9.11. The first-order valence-corrected chi connectivity index (χ1v) is 4.45. The van der Waals surface area contributed by atoms with Crippen LogP contribution < -0.4 is 0 Å². The zero-order valence-electron chi connectivity index (χ0n) is 5.99. The Balaban J connectivity index is 2.06. The minimum Gasteiger partial charge on any atom is -0.391 e. The van der Waals surface area contributed by atoms with E-state index in [2.05, 4.69) is 0 Å².